The maximum absolute atomic E-state index is 11.1. The lowest BCUT2D eigenvalue weighted by atomic mass is 10.1. The molecule has 1 rings (SSSR count). The Labute approximate surface area is 111 Å². The number of unbranched alkanes of at least 4 members (excludes halogenated alkanes) is 1. The topological polar surface area (TPSA) is 89.7 Å². The molecule has 0 aromatic heterocycles. The number of para-hydroxylation sites is 1. The molecule has 6 nitrogen and oxygen atoms in total. The third kappa shape index (κ3) is 3.94. The Hall–Kier alpha value is -2.11. The number of carboxylic acids is 1. The predicted octanol–water partition coefficient (Wildman–Crippen LogP) is 2.93. The molecule has 0 fully saturated rings. The van der Waals surface area contributed by atoms with Crippen molar-refractivity contribution >= 4 is 11.7 Å². The number of rotatable bonds is 7. The molecule has 0 saturated heterocycles. The summed E-state index contributed by atoms with van der Waals surface area (Å²) in [7, 11) is 0. The van der Waals surface area contributed by atoms with E-state index in [1.807, 2.05) is 6.92 Å². The van der Waals surface area contributed by atoms with E-state index in [0.717, 1.165) is 6.42 Å². The zero-order valence-electron chi connectivity index (χ0n) is 11.0. The minimum atomic E-state index is -1.11. The fourth-order valence-corrected chi connectivity index (χ4v) is 1.70. The Morgan fingerprint density at radius 2 is 2.21 bits per heavy atom. The smallest absolute Gasteiger partial charge is 0.344 e. The van der Waals surface area contributed by atoms with Gasteiger partial charge in [0, 0.05) is 6.07 Å². The van der Waals surface area contributed by atoms with Crippen molar-refractivity contribution in [3.63, 3.8) is 0 Å². The summed E-state index contributed by atoms with van der Waals surface area (Å²) in [5.41, 5.74) is 0.347. The molecule has 0 spiro atoms. The monoisotopic (exact) mass is 267 g/mol. The quantitative estimate of drug-likeness (QED) is 0.606. The Bertz CT molecular complexity index is 472. The van der Waals surface area contributed by atoms with Crippen LogP contribution in [0.15, 0.2) is 18.2 Å². The molecule has 0 aliphatic rings. The van der Waals surface area contributed by atoms with E-state index in [9.17, 15) is 14.9 Å². The van der Waals surface area contributed by atoms with E-state index in [1.165, 1.54) is 6.07 Å². The van der Waals surface area contributed by atoms with E-state index in [0.29, 0.717) is 18.4 Å². The minimum Gasteiger partial charge on any atom is -0.479 e. The number of hydrogen-bond acceptors (Lipinski definition) is 4. The molecule has 1 unspecified atom stereocenters. The van der Waals surface area contributed by atoms with Gasteiger partial charge in [-0.2, -0.15) is 0 Å². The molecule has 0 aliphatic carbocycles. The summed E-state index contributed by atoms with van der Waals surface area (Å²) >= 11 is 0. The number of carboxylic acid groups (broad SMARTS) is 1. The van der Waals surface area contributed by atoms with Gasteiger partial charge in [0.2, 0.25) is 5.75 Å². The molecule has 0 aliphatic heterocycles. The first kappa shape index (κ1) is 14.9. The first-order valence-corrected chi connectivity index (χ1v) is 6.10. The van der Waals surface area contributed by atoms with Gasteiger partial charge in [0.15, 0.2) is 6.10 Å². The minimum absolute atomic E-state index is 0.0380. The molecule has 0 heterocycles. The van der Waals surface area contributed by atoms with E-state index in [4.69, 9.17) is 9.84 Å². The van der Waals surface area contributed by atoms with Gasteiger partial charge in [-0.05, 0) is 25.3 Å². The molecule has 1 aromatic carbocycles. The number of nitro benzene ring substituents is 1. The number of hydrogen-bond donors (Lipinski definition) is 1. The Kier molecular flexibility index (Phi) is 5.29. The number of aryl methyl sites for hydroxylation is 1. The van der Waals surface area contributed by atoms with Crippen LogP contribution in [0.2, 0.25) is 0 Å². The van der Waals surface area contributed by atoms with Crippen LogP contribution in [0.3, 0.4) is 0 Å². The average molecular weight is 267 g/mol. The number of benzene rings is 1. The predicted molar refractivity (Wildman–Crippen MR) is 69.4 cm³/mol. The molecule has 0 saturated carbocycles. The zero-order valence-corrected chi connectivity index (χ0v) is 11.0. The second-order valence-electron chi connectivity index (χ2n) is 4.27. The second kappa shape index (κ2) is 6.72. The molecule has 1 N–H and O–H groups in total. The molecule has 19 heavy (non-hydrogen) atoms. The fraction of sp³-hybridized carbons (Fsp3) is 0.462. The van der Waals surface area contributed by atoms with Crippen LogP contribution in [-0.4, -0.2) is 22.1 Å². The molecule has 1 aromatic rings. The maximum atomic E-state index is 11.1. The van der Waals surface area contributed by atoms with Gasteiger partial charge in [-0.3, -0.25) is 10.1 Å². The van der Waals surface area contributed by atoms with Crippen LogP contribution in [0.4, 0.5) is 5.69 Å². The fourth-order valence-electron chi connectivity index (χ4n) is 1.70. The molecule has 1 atom stereocenters. The Morgan fingerprint density at radius 1 is 1.53 bits per heavy atom. The van der Waals surface area contributed by atoms with Crippen LogP contribution in [0.25, 0.3) is 0 Å². The normalized spacial score (nSPS) is 11.9. The lowest BCUT2D eigenvalue weighted by Gasteiger charge is -2.16. The standard InChI is InChI=1S/C13H17NO5/c1-3-4-8-11(13(15)16)19-12-9(2)6-5-7-10(12)14(17)18/h5-7,11H,3-4,8H2,1-2H3,(H,15,16). The van der Waals surface area contributed by atoms with Gasteiger partial charge >= 0.3 is 11.7 Å². The highest BCUT2D eigenvalue weighted by Gasteiger charge is 2.25. The first-order chi connectivity index (χ1) is 8.97. The third-order valence-electron chi connectivity index (χ3n) is 2.74. The van der Waals surface area contributed by atoms with Crippen molar-refractivity contribution in [2.24, 2.45) is 0 Å². The average Bonchev–Trinajstić information content (AvgIpc) is 2.35. The zero-order chi connectivity index (χ0) is 14.4. The van der Waals surface area contributed by atoms with Gasteiger partial charge in [0.25, 0.3) is 0 Å². The van der Waals surface area contributed by atoms with Crippen LogP contribution in [0.5, 0.6) is 5.75 Å². The highest BCUT2D eigenvalue weighted by atomic mass is 16.6. The van der Waals surface area contributed by atoms with Crippen LogP contribution < -0.4 is 4.74 Å². The van der Waals surface area contributed by atoms with Crippen molar-refractivity contribution in [3.05, 3.63) is 33.9 Å². The lowest BCUT2D eigenvalue weighted by Crippen LogP contribution is -2.27. The van der Waals surface area contributed by atoms with E-state index < -0.39 is 17.0 Å². The van der Waals surface area contributed by atoms with Gasteiger partial charge in [-0.25, -0.2) is 4.79 Å². The molecule has 0 amide bonds. The van der Waals surface area contributed by atoms with Crippen LogP contribution >= 0.6 is 0 Å². The van der Waals surface area contributed by atoms with Crippen molar-refractivity contribution in [1.29, 1.82) is 0 Å². The summed E-state index contributed by atoms with van der Waals surface area (Å²) in [5, 5.41) is 20.0. The number of nitrogens with zero attached hydrogens (tertiary/aromatic N) is 1. The molecule has 0 bridgehead atoms. The third-order valence-corrected chi connectivity index (χ3v) is 2.74. The molecular formula is C13H17NO5. The van der Waals surface area contributed by atoms with Crippen molar-refractivity contribution in [2.45, 2.75) is 39.2 Å². The van der Waals surface area contributed by atoms with E-state index in [-0.39, 0.29) is 11.4 Å². The summed E-state index contributed by atoms with van der Waals surface area (Å²) in [6.07, 6.45) is 0.802. The largest absolute Gasteiger partial charge is 0.479 e. The summed E-state index contributed by atoms with van der Waals surface area (Å²) in [4.78, 5) is 21.5. The highest BCUT2D eigenvalue weighted by molar-refractivity contribution is 5.73. The number of ether oxygens (including phenoxy) is 1. The van der Waals surface area contributed by atoms with E-state index >= 15 is 0 Å². The van der Waals surface area contributed by atoms with Crippen LogP contribution in [0, 0.1) is 17.0 Å². The van der Waals surface area contributed by atoms with Crippen molar-refractivity contribution in [2.75, 3.05) is 0 Å². The molecular weight excluding hydrogens is 250 g/mol. The number of aliphatic carboxylic acids is 1. The first-order valence-electron chi connectivity index (χ1n) is 6.10. The molecule has 0 radical (unpaired) electrons. The van der Waals surface area contributed by atoms with E-state index in [1.54, 1.807) is 19.1 Å². The SMILES string of the molecule is CCCCC(Oc1c(C)cccc1[N+](=O)[O-])C(=O)O. The summed E-state index contributed by atoms with van der Waals surface area (Å²) in [6.45, 7) is 3.59. The van der Waals surface area contributed by atoms with Gasteiger partial charge < -0.3 is 9.84 Å². The van der Waals surface area contributed by atoms with Crippen LogP contribution in [0.1, 0.15) is 31.7 Å². The van der Waals surface area contributed by atoms with E-state index in [2.05, 4.69) is 0 Å². The van der Waals surface area contributed by atoms with Crippen molar-refractivity contribution in [1.82, 2.24) is 0 Å². The molecule has 104 valence electrons. The maximum Gasteiger partial charge on any atom is 0.344 e. The summed E-state index contributed by atoms with van der Waals surface area (Å²) in [6, 6.07) is 4.50. The number of nitro groups is 1. The van der Waals surface area contributed by atoms with Gasteiger partial charge in [0.05, 0.1) is 4.92 Å². The van der Waals surface area contributed by atoms with Crippen molar-refractivity contribution < 1.29 is 19.6 Å². The summed E-state index contributed by atoms with van der Waals surface area (Å²) < 4.78 is 5.36. The van der Waals surface area contributed by atoms with Gasteiger partial charge in [-0.15, -0.1) is 0 Å². The van der Waals surface area contributed by atoms with Gasteiger partial charge in [-0.1, -0.05) is 25.5 Å². The van der Waals surface area contributed by atoms with Crippen LogP contribution in [-0.2, 0) is 4.79 Å². The second-order valence-corrected chi connectivity index (χ2v) is 4.27. The van der Waals surface area contributed by atoms with Gasteiger partial charge in [0.1, 0.15) is 0 Å². The van der Waals surface area contributed by atoms with Crippen molar-refractivity contribution in [3.8, 4) is 5.75 Å². The Balaban J connectivity index is 3.01. The highest BCUT2D eigenvalue weighted by Crippen LogP contribution is 2.31. The number of carbonyl (C=O) groups is 1. The molecule has 6 heteroatoms. The summed E-state index contributed by atoms with van der Waals surface area (Å²) in [5.74, 6) is -1.07. The lowest BCUT2D eigenvalue weighted by molar-refractivity contribution is -0.386. The Morgan fingerprint density at radius 3 is 2.74 bits per heavy atom.